The number of nitrogens with one attached hydrogen (secondary N) is 1. The van der Waals surface area contributed by atoms with Gasteiger partial charge in [0.05, 0.1) is 34.2 Å². The van der Waals surface area contributed by atoms with Gasteiger partial charge >= 0.3 is 0 Å². The first kappa shape index (κ1) is 29.7. The molecule has 4 aromatic rings. The molecule has 0 radical (unpaired) electrons. The van der Waals surface area contributed by atoms with Gasteiger partial charge in [-0.25, -0.2) is 0 Å². The summed E-state index contributed by atoms with van der Waals surface area (Å²) in [6.45, 7) is 15.6. The fourth-order valence-electron chi connectivity index (χ4n) is 7.47. The van der Waals surface area contributed by atoms with E-state index in [9.17, 15) is 0 Å². The van der Waals surface area contributed by atoms with E-state index in [0.717, 1.165) is 41.6 Å². The maximum Gasteiger partial charge on any atom is 0.174 e. The third-order valence-electron chi connectivity index (χ3n) is 9.23. The molecule has 2 aromatic carbocycles. The molecule has 2 aliphatic heterocycles. The number of piperidine rings is 1. The number of para-hydroxylation sites is 1. The molecule has 43 heavy (non-hydrogen) atoms. The van der Waals surface area contributed by atoms with Crippen LogP contribution in [0.5, 0.6) is 0 Å². The zero-order valence-electron chi connectivity index (χ0n) is 26.1. The summed E-state index contributed by atoms with van der Waals surface area (Å²) >= 11 is 13.1. The molecule has 1 N–H and O–H groups in total. The Balaban J connectivity index is 1.47. The van der Waals surface area contributed by atoms with E-state index in [-0.39, 0.29) is 12.1 Å². The van der Waals surface area contributed by atoms with Gasteiger partial charge in [0.2, 0.25) is 0 Å². The summed E-state index contributed by atoms with van der Waals surface area (Å²) in [4.78, 5) is 9.47. The minimum atomic E-state index is -0.118. The third-order valence-corrected chi connectivity index (χ3v) is 9.85. The predicted molar refractivity (Wildman–Crippen MR) is 184 cm³/mol. The van der Waals surface area contributed by atoms with Gasteiger partial charge in [0.15, 0.2) is 5.11 Å². The van der Waals surface area contributed by atoms with Crippen LogP contribution in [0.4, 0.5) is 11.4 Å². The zero-order chi connectivity index (χ0) is 30.4. The summed E-state index contributed by atoms with van der Waals surface area (Å²) < 4.78 is 2.42. The minimum absolute atomic E-state index is 0.103. The van der Waals surface area contributed by atoms with Gasteiger partial charge in [-0.05, 0) is 111 Å². The molecule has 2 saturated heterocycles. The smallest absolute Gasteiger partial charge is 0.174 e. The van der Waals surface area contributed by atoms with Crippen LogP contribution in [0.25, 0.3) is 5.69 Å². The molecule has 2 aromatic heterocycles. The van der Waals surface area contributed by atoms with Crippen LogP contribution in [0.15, 0.2) is 66.9 Å². The topological polar surface area (TPSA) is 36.3 Å². The Morgan fingerprint density at radius 2 is 1.74 bits per heavy atom. The van der Waals surface area contributed by atoms with Crippen LogP contribution in [0.3, 0.4) is 0 Å². The number of benzene rings is 2. The highest BCUT2D eigenvalue weighted by Gasteiger charge is 2.42. The van der Waals surface area contributed by atoms with E-state index in [4.69, 9.17) is 28.8 Å². The number of pyridine rings is 1. The maximum atomic E-state index is 7.07. The monoisotopic (exact) mass is 611 g/mol. The van der Waals surface area contributed by atoms with Gasteiger partial charge in [-0.2, -0.15) is 0 Å². The van der Waals surface area contributed by atoms with Crippen molar-refractivity contribution < 1.29 is 0 Å². The van der Waals surface area contributed by atoms with Crippen molar-refractivity contribution in [2.45, 2.75) is 66.5 Å². The second-order valence-electron chi connectivity index (χ2n) is 12.6. The second-order valence-corrected chi connectivity index (χ2v) is 13.4. The second kappa shape index (κ2) is 12.0. The summed E-state index contributed by atoms with van der Waals surface area (Å²) in [5, 5.41) is 5.08. The summed E-state index contributed by atoms with van der Waals surface area (Å²) in [6.07, 6.45) is 4.09. The van der Waals surface area contributed by atoms with Crippen molar-refractivity contribution >= 4 is 40.3 Å². The molecule has 4 atom stereocenters. The molecule has 2 aliphatic rings. The molecule has 5 nitrogen and oxygen atoms in total. The average molecular weight is 612 g/mol. The van der Waals surface area contributed by atoms with Gasteiger partial charge in [-0.3, -0.25) is 4.98 Å². The normalized spacial score (nSPS) is 22.3. The molecule has 0 bridgehead atoms. The molecular weight excluding hydrogens is 570 g/mol. The lowest BCUT2D eigenvalue weighted by Gasteiger charge is -2.37. The van der Waals surface area contributed by atoms with E-state index in [0.29, 0.717) is 16.9 Å². The molecule has 0 amide bonds. The van der Waals surface area contributed by atoms with Crippen molar-refractivity contribution in [3.8, 4) is 5.69 Å². The van der Waals surface area contributed by atoms with Crippen molar-refractivity contribution in [3.63, 3.8) is 0 Å². The Morgan fingerprint density at radius 3 is 2.42 bits per heavy atom. The molecule has 4 heterocycles. The largest absolute Gasteiger partial charge is 0.370 e. The van der Waals surface area contributed by atoms with E-state index in [1.807, 2.05) is 18.3 Å². The highest BCUT2D eigenvalue weighted by Crippen LogP contribution is 2.45. The van der Waals surface area contributed by atoms with Crippen LogP contribution >= 0.6 is 23.8 Å². The lowest BCUT2D eigenvalue weighted by Crippen LogP contribution is -2.38. The number of aryl methyl sites for hydroxylation is 3. The first-order valence-electron chi connectivity index (χ1n) is 15.5. The first-order valence-corrected chi connectivity index (χ1v) is 16.3. The number of rotatable bonds is 6. The van der Waals surface area contributed by atoms with Crippen LogP contribution in [0, 0.1) is 32.6 Å². The van der Waals surface area contributed by atoms with Crippen molar-refractivity contribution in [3.05, 3.63) is 106 Å². The summed E-state index contributed by atoms with van der Waals surface area (Å²) in [5.41, 5.74) is 10.6. The van der Waals surface area contributed by atoms with E-state index in [2.05, 4.69) is 110 Å². The Labute approximate surface area is 266 Å². The third kappa shape index (κ3) is 5.44. The summed E-state index contributed by atoms with van der Waals surface area (Å²) in [5.74, 6) is 1.30. The van der Waals surface area contributed by atoms with Crippen molar-refractivity contribution in [2.24, 2.45) is 11.8 Å². The Hall–Kier alpha value is -3.35. The Morgan fingerprint density at radius 1 is 0.977 bits per heavy atom. The standard InChI is InChI=1S/C36H42ClN5S/c1-7-27-12-10-11-24(4)34(27)41-25(5)18-29(26(41)6)35-33(31-13-8-9-16-38-31)39-36(43)42(35)28-14-15-32(30(37)19-28)40-20-22(2)17-23(3)21-40/h8-16,18-19,22-23,33,35H,7,17,20-21H2,1-6H3,(H,39,43)/t22-,23+,33-,35+/m0/s1. The van der Waals surface area contributed by atoms with Crippen molar-refractivity contribution in [1.29, 1.82) is 0 Å². The SMILES string of the molecule is CCc1cccc(C)c1-n1c(C)cc([C@@H]2[C@H](c3ccccn3)NC(=S)N2c2ccc(N3C[C@H](C)C[C@H](C)C3)c(Cl)c2)c1C. The highest BCUT2D eigenvalue weighted by atomic mass is 35.5. The van der Waals surface area contributed by atoms with Crippen LogP contribution in [-0.4, -0.2) is 27.8 Å². The first-order chi connectivity index (χ1) is 20.7. The number of hydrogen-bond acceptors (Lipinski definition) is 3. The van der Waals surface area contributed by atoms with E-state index in [1.54, 1.807) is 0 Å². The molecule has 0 saturated carbocycles. The molecular formula is C36H42ClN5S. The van der Waals surface area contributed by atoms with Gasteiger partial charge in [0.25, 0.3) is 0 Å². The van der Waals surface area contributed by atoms with Gasteiger partial charge in [0, 0.05) is 36.4 Å². The number of hydrogen-bond donors (Lipinski definition) is 1. The Bertz CT molecular complexity index is 1640. The average Bonchev–Trinajstić information content (AvgIpc) is 3.47. The number of thiocarbonyl (C=S) groups is 1. The predicted octanol–water partition coefficient (Wildman–Crippen LogP) is 8.67. The maximum absolute atomic E-state index is 7.07. The molecule has 6 rings (SSSR count). The van der Waals surface area contributed by atoms with Gasteiger partial charge in [-0.1, -0.05) is 56.6 Å². The zero-order valence-corrected chi connectivity index (χ0v) is 27.6. The molecule has 0 aliphatic carbocycles. The number of nitrogens with zero attached hydrogens (tertiary/aromatic N) is 4. The molecule has 7 heteroatoms. The summed E-state index contributed by atoms with van der Waals surface area (Å²) in [7, 11) is 0. The summed E-state index contributed by atoms with van der Waals surface area (Å²) in [6, 6.07) is 21.3. The minimum Gasteiger partial charge on any atom is -0.370 e. The van der Waals surface area contributed by atoms with Gasteiger partial charge < -0.3 is 19.7 Å². The van der Waals surface area contributed by atoms with E-state index >= 15 is 0 Å². The Kier molecular flexibility index (Phi) is 8.27. The van der Waals surface area contributed by atoms with Crippen molar-refractivity contribution in [1.82, 2.24) is 14.9 Å². The number of halogens is 1. The van der Waals surface area contributed by atoms with E-state index < -0.39 is 0 Å². The van der Waals surface area contributed by atoms with Gasteiger partial charge in [-0.15, -0.1) is 0 Å². The van der Waals surface area contributed by atoms with Gasteiger partial charge in [0.1, 0.15) is 0 Å². The van der Waals surface area contributed by atoms with Crippen LogP contribution < -0.4 is 15.1 Å². The fraction of sp³-hybridized carbons (Fsp3) is 0.389. The van der Waals surface area contributed by atoms with Crippen LogP contribution in [0.2, 0.25) is 5.02 Å². The van der Waals surface area contributed by atoms with Crippen LogP contribution in [0.1, 0.15) is 73.0 Å². The van der Waals surface area contributed by atoms with Crippen molar-refractivity contribution in [2.75, 3.05) is 22.9 Å². The lowest BCUT2D eigenvalue weighted by molar-refractivity contribution is 0.357. The van der Waals surface area contributed by atoms with E-state index in [1.165, 1.54) is 40.2 Å². The number of anilines is 2. The number of aromatic nitrogens is 2. The molecule has 224 valence electrons. The molecule has 2 fully saturated rings. The highest BCUT2D eigenvalue weighted by molar-refractivity contribution is 7.80. The fourth-order valence-corrected chi connectivity index (χ4v) is 8.11. The quantitative estimate of drug-likeness (QED) is 0.221. The lowest BCUT2D eigenvalue weighted by atomic mass is 9.91. The molecule has 0 unspecified atom stereocenters. The molecule has 0 spiro atoms. The van der Waals surface area contributed by atoms with Crippen LogP contribution in [-0.2, 0) is 6.42 Å².